The Balaban J connectivity index is 1.89. The highest BCUT2D eigenvalue weighted by Gasteiger charge is 2.21. The van der Waals surface area contributed by atoms with Crippen molar-refractivity contribution in [2.45, 2.75) is 39.3 Å². The van der Waals surface area contributed by atoms with Crippen LogP contribution < -0.4 is 10.6 Å². The zero-order chi connectivity index (χ0) is 11.5. The van der Waals surface area contributed by atoms with Crippen molar-refractivity contribution >= 4 is 5.91 Å². The van der Waals surface area contributed by atoms with Gasteiger partial charge in [0, 0.05) is 17.8 Å². The summed E-state index contributed by atoms with van der Waals surface area (Å²) in [5, 5.41) is 13.1. The van der Waals surface area contributed by atoms with Crippen molar-refractivity contribution in [1.29, 1.82) is 0 Å². The number of amides is 1. The standard InChI is InChI=1S/C11H18N4O/c1-7-9(8(2)15-14-7)6-13-11(16)10-4-3-5-12-10/h10,12H,3-6H2,1-2H3,(H,13,16)(H,14,15). The Hall–Kier alpha value is -1.36. The van der Waals surface area contributed by atoms with E-state index in [1.165, 1.54) is 0 Å². The van der Waals surface area contributed by atoms with E-state index in [1.54, 1.807) is 0 Å². The second kappa shape index (κ2) is 4.65. The van der Waals surface area contributed by atoms with Gasteiger partial charge in [-0.2, -0.15) is 5.10 Å². The number of nitrogens with one attached hydrogen (secondary N) is 3. The Kier molecular flexibility index (Phi) is 3.24. The van der Waals surface area contributed by atoms with Crippen molar-refractivity contribution in [3.8, 4) is 0 Å². The Morgan fingerprint density at radius 2 is 2.38 bits per heavy atom. The monoisotopic (exact) mass is 222 g/mol. The number of aromatic nitrogens is 2. The molecule has 5 nitrogen and oxygen atoms in total. The topological polar surface area (TPSA) is 69.8 Å². The van der Waals surface area contributed by atoms with Gasteiger partial charge in [0.1, 0.15) is 0 Å². The van der Waals surface area contributed by atoms with E-state index in [1.807, 2.05) is 13.8 Å². The maximum absolute atomic E-state index is 11.8. The van der Waals surface area contributed by atoms with Crippen molar-refractivity contribution in [1.82, 2.24) is 20.8 Å². The minimum absolute atomic E-state index is 0.00693. The first-order valence-corrected chi connectivity index (χ1v) is 5.70. The summed E-state index contributed by atoms with van der Waals surface area (Å²) in [5.41, 5.74) is 3.07. The Morgan fingerprint density at radius 3 is 2.94 bits per heavy atom. The van der Waals surface area contributed by atoms with Crippen molar-refractivity contribution in [2.24, 2.45) is 0 Å². The lowest BCUT2D eigenvalue weighted by molar-refractivity contribution is -0.122. The highest BCUT2D eigenvalue weighted by molar-refractivity contribution is 5.82. The number of carbonyl (C=O) groups excluding carboxylic acids is 1. The predicted octanol–water partition coefficient (Wildman–Crippen LogP) is 0.395. The molecule has 1 saturated heterocycles. The molecule has 1 unspecified atom stereocenters. The van der Waals surface area contributed by atoms with Crippen LogP contribution >= 0.6 is 0 Å². The molecule has 0 bridgehead atoms. The SMILES string of the molecule is Cc1n[nH]c(C)c1CNC(=O)C1CCCN1. The van der Waals surface area contributed by atoms with E-state index in [-0.39, 0.29) is 11.9 Å². The fourth-order valence-corrected chi connectivity index (χ4v) is 2.04. The largest absolute Gasteiger partial charge is 0.351 e. The summed E-state index contributed by atoms with van der Waals surface area (Å²) < 4.78 is 0. The molecule has 88 valence electrons. The first-order valence-electron chi connectivity index (χ1n) is 5.70. The van der Waals surface area contributed by atoms with Crippen molar-refractivity contribution in [3.63, 3.8) is 0 Å². The highest BCUT2D eigenvalue weighted by atomic mass is 16.2. The predicted molar refractivity (Wildman–Crippen MR) is 60.9 cm³/mol. The Labute approximate surface area is 95.0 Å². The molecule has 1 aliphatic rings. The molecule has 1 atom stereocenters. The number of nitrogens with zero attached hydrogens (tertiary/aromatic N) is 1. The maximum Gasteiger partial charge on any atom is 0.237 e. The molecule has 0 radical (unpaired) electrons. The number of carbonyl (C=O) groups is 1. The number of H-pyrrole nitrogens is 1. The van der Waals surface area contributed by atoms with Crippen LogP contribution in [-0.4, -0.2) is 28.7 Å². The van der Waals surface area contributed by atoms with Crippen molar-refractivity contribution < 1.29 is 4.79 Å². The number of hydrogen-bond donors (Lipinski definition) is 3. The third-order valence-electron chi connectivity index (χ3n) is 3.10. The van der Waals surface area contributed by atoms with Gasteiger partial charge in [-0.15, -0.1) is 0 Å². The van der Waals surface area contributed by atoms with E-state index in [0.29, 0.717) is 6.54 Å². The van der Waals surface area contributed by atoms with Crippen LogP contribution in [0.2, 0.25) is 0 Å². The van der Waals surface area contributed by atoms with Gasteiger partial charge in [-0.05, 0) is 33.2 Å². The van der Waals surface area contributed by atoms with Gasteiger partial charge >= 0.3 is 0 Å². The van der Waals surface area contributed by atoms with Crippen LogP contribution in [0.5, 0.6) is 0 Å². The first kappa shape index (κ1) is 11.1. The summed E-state index contributed by atoms with van der Waals surface area (Å²) in [4.78, 5) is 11.8. The molecule has 0 aromatic carbocycles. The van der Waals surface area contributed by atoms with Gasteiger partial charge in [-0.1, -0.05) is 0 Å². The molecule has 0 aliphatic carbocycles. The van der Waals surface area contributed by atoms with E-state index in [9.17, 15) is 4.79 Å². The van der Waals surface area contributed by atoms with E-state index in [2.05, 4.69) is 20.8 Å². The fraction of sp³-hybridized carbons (Fsp3) is 0.636. The van der Waals surface area contributed by atoms with E-state index in [4.69, 9.17) is 0 Å². The van der Waals surface area contributed by atoms with E-state index >= 15 is 0 Å². The summed E-state index contributed by atoms with van der Waals surface area (Å²) in [6.07, 6.45) is 2.02. The molecule has 5 heteroatoms. The third kappa shape index (κ3) is 2.24. The lowest BCUT2D eigenvalue weighted by Gasteiger charge is -2.10. The maximum atomic E-state index is 11.8. The van der Waals surface area contributed by atoms with Gasteiger partial charge in [0.25, 0.3) is 0 Å². The van der Waals surface area contributed by atoms with Crippen LogP contribution in [0.1, 0.15) is 29.8 Å². The van der Waals surface area contributed by atoms with Gasteiger partial charge < -0.3 is 10.6 Å². The van der Waals surface area contributed by atoms with Crippen LogP contribution in [0.4, 0.5) is 0 Å². The molecular weight excluding hydrogens is 204 g/mol. The van der Waals surface area contributed by atoms with Crippen LogP contribution in [0.15, 0.2) is 0 Å². The second-order valence-electron chi connectivity index (χ2n) is 4.28. The number of hydrogen-bond acceptors (Lipinski definition) is 3. The van der Waals surface area contributed by atoms with Gasteiger partial charge in [0.15, 0.2) is 0 Å². The van der Waals surface area contributed by atoms with Crippen molar-refractivity contribution in [3.05, 3.63) is 17.0 Å². The summed E-state index contributed by atoms with van der Waals surface area (Å²) >= 11 is 0. The fourth-order valence-electron chi connectivity index (χ4n) is 2.04. The molecule has 2 rings (SSSR count). The lowest BCUT2D eigenvalue weighted by atomic mass is 10.2. The summed E-state index contributed by atoms with van der Waals surface area (Å²) in [6.45, 7) is 5.42. The lowest BCUT2D eigenvalue weighted by Crippen LogP contribution is -2.40. The van der Waals surface area contributed by atoms with E-state index < -0.39 is 0 Å². The average molecular weight is 222 g/mol. The molecule has 1 aromatic heterocycles. The molecule has 1 fully saturated rings. The molecule has 1 amide bonds. The van der Waals surface area contributed by atoms with Crippen molar-refractivity contribution in [2.75, 3.05) is 6.54 Å². The average Bonchev–Trinajstić information content (AvgIpc) is 2.87. The normalized spacial score (nSPS) is 20.0. The van der Waals surface area contributed by atoms with Crippen LogP contribution in [0, 0.1) is 13.8 Å². The molecule has 0 saturated carbocycles. The minimum atomic E-state index is -0.00693. The minimum Gasteiger partial charge on any atom is -0.351 e. The van der Waals surface area contributed by atoms with Crippen LogP contribution in [0.25, 0.3) is 0 Å². The molecule has 1 aromatic rings. The number of rotatable bonds is 3. The molecular formula is C11H18N4O. The van der Waals surface area contributed by atoms with Crippen LogP contribution in [-0.2, 0) is 11.3 Å². The highest BCUT2D eigenvalue weighted by Crippen LogP contribution is 2.09. The Bertz CT molecular complexity index is 360. The van der Waals surface area contributed by atoms with Gasteiger partial charge in [0.05, 0.1) is 11.7 Å². The number of aryl methyl sites for hydroxylation is 2. The van der Waals surface area contributed by atoms with Gasteiger partial charge in [0.2, 0.25) is 5.91 Å². The zero-order valence-corrected chi connectivity index (χ0v) is 9.76. The van der Waals surface area contributed by atoms with E-state index in [0.717, 1.165) is 36.3 Å². The molecule has 0 spiro atoms. The molecule has 3 N–H and O–H groups in total. The number of aromatic amines is 1. The van der Waals surface area contributed by atoms with Crippen LogP contribution in [0.3, 0.4) is 0 Å². The van der Waals surface area contributed by atoms with Gasteiger partial charge in [-0.3, -0.25) is 9.89 Å². The zero-order valence-electron chi connectivity index (χ0n) is 9.76. The van der Waals surface area contributed by atoms with Gasteiger partial charge in [-0.25, -0.2) is 0 Å². The summed E-state index contributed by atoms with van der Waals surface area (Å²) in [6, 6.07) is -0.00693. The quantitative estimate of drug-likeness (QED) is 0.693. The first-order chi connectivity index (χ1) is 7.68. The smallest absolute Gasteiger partial charge is 0.237 e. The molecule has 16 heavy (non-hydrogen) atoms. The third-order valence-corrected chi connectivity index (χ3v) is 3.10. The molecule has 1 aliphatic heterocycles. The Morgan fingerprint density at radius 1 is 1.56 bits per heavy atom. The summed E-state index contributed by atoms with van der Waals surface area (Å²) in [7, 11) is 0. The second-order valence-corrected chi connectivity index (χ2v) is 4.28. The molecule has 2 heterocycles. The summed E-state index contributed by atoms with van der Waals surface area (Å²) in [5.74, 6) is 0.0949.